The second kappa shape index (κ2) is 11.1. The first-order valence-corrected chi connectivity index (χ1v) is 10.4. The van der Waals surface area contributed by atoms with E-state index in [1.54, 1.807) is 4.57 Å². The molecule has 1 aromatic carbocycles. The minimum atomic E-state index is -0.549. The Balaban J connectivity index is 1.42. The molecule has 0 saturated carbocycles. The fourth-order valence-corrected chi connectivity index (χ4v) is 3.06. The molecule has 0 aliphatic rings. The molecule has 1 amide bonds. The Bertz CT molecular complexity index is 1140. The van der Waals surface area contributed by atoms with Crippen molar-refractivity contribution in [1.29, 1.82) is 0 Å². The summed E-state index contributed by atoms with van der Waals surface area (Å²) >= 11 is 0. The van der Waals surface area contributed by atoms with E-state index in [4.69, 9.17) is 19.9 Å². The summed E-state index contributed by atoms with van der Waals surface area (Å²) in [7, 11) is 0. The average molecular weight is 457 g/mol. The molecule has 11 heteroatoms. The number of nitrogens with two attached hydrogens (primary N) is 1. The summed E-state index contributed by atoms with van der Waals surface area (Å²) in [6, 6.07) is 8.99. The van der Waals surface area contributed by atoms with Crippen molar-refractivity contribution in [2.45, 2.75) is 33.2 Å². The molecule has 4 N–H and O–H groups in total. The van der Waals surface area contributed by atoms with Gasteiger partial charge in [0.05, 0.1) is 19.0 Å². The summed E-state index contributed by atoms with van der Waals surface area (Å²) in [5.74, 6) is 0.442. The number of nitrogens with zero attached hydrogens (tertiary/aromatic N) is 3. The van der Waals surface area contributed by atoms with E-state index in [0.717, 1.165) is 5.56 Å². The number of hydrogen-bond donors (Lipinski definition) is 3. The van der Waals surface area contributed by atoms with Gasteiger partial charge in [-0.1, -0.05) is 50.8 Å². The Labute approximate surface area is 190 Å². The van der Waals surface area contributed by atoms with Gasteiger partial charge in [-0.25, -0.2) is 9.78 Å². The molecule has 0 aliphatic heterocycles. The minimum absolute atomic E-state index is 0.00315. The SMILES string of the molecule is C=C(OCCOCn1cnc2c(=O)[nH]c(N)nc21)C(NC(=O)OCc1ccccc1)C(C)C. The number of alkyl carbamates (subject to hydrolysis) is 1. The van der Waals surface area contributed by atoms with E-state index in [-0.39, 0.29) is 43.9 Å². The third-order valence-electron chi connectivity index (χ3n) is 4.74. The Kier molecular flexibility index (Phi) is 8.03. The van der Waals surface area contributed by atoms with Crippen molar-refractivity contribution in [2.75, 3.05) is 18.9 Å². The van der Waals surface area contributed by atoms with Gasteiger partial charge in [0.25, 0.3) is 5.56 Å². The summed E-state index contributed by atoms with van der Waals surface area (Å²) in [4.78, 5) is 34.5. The van der Waals surface area contributed by atoms with Crippen LogP contribution in [0.25, 0.3) is 11.2 Å². The van der Waals surface area contributed by atoms with Crippen molar-refractivity contribution in [3.8, 4) is 0 Å². The maximum atomic E-state index is 12.2. The standard InChI is InChI=1S/C22H28N6O5/c1-14(2)17(25-22(30)33-11-16-7-5-4-6-8-16)15(3)32-10-9-31-13-28-12-24-18-19(28)26-21(23)27-20(18)29/h4-8,12,14,17H,3,9-11,13H2,1-2H3,(H,25,30)(H3,23,26,27,29). The van der Waals surface area contributed by atoms with Gasteiger partial charge in [0.1, 0.15) is 25.7 Å². The molecule has 0 aliphatic carbocycles. The topological polar surface area (TPSA) is 146 Å². The smallest absolute Gasteiger partial charge is 0.408 e. The summed E-state index contributed by atoms with van der Waals surface area (Å²) in [6.45, 7) is 8.55. The first-order chi connectivity index (χ1) is 15.8. The lowest BCUT2D eigenvalue weighted by atomic mass is 10.0. The number of carbonyl (C=O) groups excluding carboxylic acids is 1. The molecule has 1 unspecified atom stereocenters. The number of anilines is 1. The molecule has 33 heavy (non-hydrogen) atoms. The third-order valence-corrected chi connectivity index (χ3v) is 4.74. The van der Waals surface area contributed by atoms with Crippen LogP contribution in [0, 0.1) is 5.92 Å². The average Bonchev–Trinajstić information content (AvgIpc) is 3.19. The summed E-state index contributed by atoms with van der Waals surface area (Å²) in [5.41, 5.74) is 6.58. The van der Waals surface area contributed by atoms with Gasteiger partial charge in [-0.2, -0.15) is 4.98 Å². The van der Waals surface area contributed by atoms with Crippen LogP contribution in [0.3, 0.4) is 0 Å². The summed E-state index contributed by atoms with van der Waals surface area (Å²) < 4.78 is 18.1. The second-order valence-electron chi connectivity index (χ2n) is 7.62. The molecule has 11 nitrogen and oxygen atoms in total. The van der Waals surface area contributed by atoms with Crippen LogP contribution < -0.4 is 16.6 Å². The van der Waals surface area contributed by atoms with Gasteiger partial charge in [0.15, 0.2) is 11.2 Å². The summed E-state index contributed by atoms with van der Waals surface area (Å²) in [5, 5.41) is 2.79. The maximum Gasteiger partial charge on any atom is 0.408 e. The predicted octanol–water partition coefficient (Wildman–Crippen LogP) is 2.16. The van der Waals surface area contributed by atoms with E-state index in [0.29, 0.717) is 11.4 Å². The Hall–Kier alpha value is -3.86. The zero-order valence-electron chi connectivity index (χ0n) is 18.6. The van der Waals surface area contributed by atoms with Crippen LogP contribution in [-0.2, 0) is 27.5 Å². The number of hydrogen-bond acceptors (Lipinski definition) is 8. The number of aromatic amines is 1. The molecule has 2 aromatic heterocycles. The number of imidazole rings is 1. The first kappa shape index (κ1) is 23.8. The highest BCUT2D eigenvalue weighted by Gasteiger charge is 2.21. The lowest BCUT2D eigenvalue weighted by Gasteiger charge is -2.24. The predicted molar refractivity (Wildman–Crippen MR) is 122 cm³/mol. The minimum Gasteiger partial charge on any atom is -0.494 e. The summed E-state index contributed by atoms with van der Waals surface area (Å²) in [6.07, 6.45) is 0.902. The highest BCUT2D eigenvalue weighted by atomic mass is 16.6. The molecule has 0 bridgehead atoms. The highest BCUT2D eigenvalue weighted by molar-refractivity contribution is 5.70. The number of fused-ring (bicyclic) bond motifs is 1. The lowest BCUT2D eigenvalue weighted by Crippen LogP contribution is -2.40. The monoisotopic (exact) mass is 456 g/mol. The second-order valence-corrected chi connectivity index (χ2v) is 7.62. The van der Waals surface area contributed by atoms with Gasteiger partial charge in [-0.05, 0) is 11.5 Å². The molecule has 0 saturated heterocycles. The largest absolute Gasteiger partial charge is 0.494 e. The van der Waals surface area contributed by atoms with E-state index in [9.17, 15) is 9.59 Å². The number of carbonyl (C=O) groups is 1. The number of ether oxygens (including phenoxy) is 3. The lowest BCUT2D eigenvalue weighted by molar-refractivity contribution is 0.0338. The van der Waals surface area contributed by atoms with Crippen LogP contribution >= 0.6 is 0 Å². The Morgan fingerprint density at radius 3 is 2.73 bits per heavy atom. The Morgan fingerprint density at radius 2 is 2.00 bits per heavy atom. The van der Waals surface area contributed by atoms with Crippen LogP contribution in [0.2, 0.25) is 0 Å². The van der Waals surface area contributed by atoms with Crippen molar-refractivity contribution in [2.24, 2.45) is 5.92 Å². The van der Waals surface area contributed by atoms with Crippen molar-refractivity contribution >= 4 is 23.2 Å². The van der Waals surface area contributed by atoms with Gasteiger partial charge in [-0.15, -0.1) is 0 Å². The van der Waals surface area contributed by atoms with Crippen LogP contribution in [0.1, 0.15) is 19.4 Å². The molecule has 0 radical (unpaired) electrons. The quantitative estimate of drug-likeness (QED) is 0.294. The molecule has 2 heterocycles. The molecule has 3 aromatic rings. The molecule has 176 valence electrons. The number of nitrogen functional groups attached to an aromatic ring is 1. The van der Waals surface area contributed by atoms with Gasteiger partial charge in [-0.3, -0.25) is 14.3 Å². The number of aromatic nitrogens is 4. The van der Waals surface area contributed by atoms with Crippen LogP contribution in [-0.4, -0.2) is 44.9 Å². The molecule has 3 rings (SSSR count). The maximum absolute atomic E-state index is 12.2. The molecule has 0 spiro atoms. The fourth-order valence-electron chi connectivity index (χ4n) is 3.06. The number of nitrogens with one attached hydrogen (secondary N) is 2. The van der Waals surface area contributed by atoms with Crippen LogP contribution in [0.15, 0.2) is 53.8 Å². The van der Waals surface area contributed by atoms with Crippen LogP contribution in [0.5, 0.6) is 0 Å². The molecular weight excluding hydrogens is 428 g/mol. The first-order valence-electron chi connectivity index (χ1n) is 10.4. The van der Waals surface area contributed by atoms with Gasteiger partial charge in [0, 0.05) is 0 Å². The number of benzene rings is 1. The van der Waals surface area contributed by atoms with Gasteiger partial charge >= 0.3 is 6.09 Å². The van der Waals surface area contributed by atoms with Crippen molar-refractivity contribution in [3.63, 3.8) is 0 Å². The van der Waals surface area contributed by atoms with Crippen molar-refractivity contribution in [1.82, 2.24) is 24.8 Å². The van der Waals surface area contributed by atoms with E-state index < -0.39 is 17.7 Å². The van der Waals surface area contributed by atoms with E-state index in [2.05, 4.69) is 26.8 Å². The van der Waals surface area contributed by atoms with Crippen molar-refractivity contribution < 1.29 is 19.0 Å². The van der Waals surface area contributed by atoms with E-state index in [1.807, 2.05) is 44.2 Å². The van der Waals surface area contributed by atoms with Gasteiger partial charge in [0.2, 0.25) is 5.95 Å². The number of amides is 1. The molecular formula is C22H28N6O5. The van der Waals surface area contributed by atoms with Crippen LogP contribution in [0.4, 0.5) is 10.7 Å². The zero-order chi connectivity index (χ0) is 23.8. The van der Waals surface area contributed by atoms with E-state index >= 15 is 0 Å². The zero-order valence-corrected chi connectivity index (χ0v) is 18.6. The number of rotatable bonds is 11. The molecule has 0 fully saturated rings. The highest BCUT2D eigenvalue weighted by Crippen LogP contribution is 2.13. The molecule has 1 atom stereocenters. The van der Waals surface area contributed by atoms with E-state index in [1.165, 1.54) is 6.33 Å². The normalized spacial score (nSPS) is 12.0. The van der Waals surface area contributed by atoms with Crippen molar-refractivity contribution in [3.05, 3.63) is 64.9 Å². The fraction of sp³-hybridized carbons (Fsp3) is 0.364. The third kappa shape index (κ3) is 6.56. The Morgan fingerprint density at radius 1 is 1.24 bits per heavy atom. The van der Waals surface area contributed by atoms with Gasteiger partial charge < -0.3 is 25.3 Å². The number of H-pyrrole nitrogens is 1.